The molecule has 0 bridgehead atoms. The van der Waals surface area contributed by atoms with Crippen LogP contribution < -0.4 is 0 Å². The Kier molecular flexibility index (Phi) is 4.14. The van der Waals surface area contributed by atoms with Gasteiger partial charge in [0.05, 0.1) is 0 Å². The van der Waals surface area contributed by atoms with Crippen LogP contribution in [-0.4, -0.2) is 0 Å². The van der Waals surface area contributed by atoms with Crippen molar-refractivity contribution in [2.45, 2.75) is 60.8 Å². The van der Waals surface area contributed by atoms with Crippen LogP contribution in [0.5, 0.6) is 0 Å². The van der Waals surface area contributed by atoms with E-state index in [1.807, 2.05) is 0 Å². The molecule has 0 aliphatic heterocycles. The van der Waals surface area contributed by atoms with Gasteiger partial charge in [-0.25, -0.2) is 0 Å². The summed E-state index contributed by atoms with van der Waals surface area (Å²) < 4.78 is 0. The molecule has 2 unspecified atom stereocenters. The summed E-state index contributed by atoms with van der Waals surface area (Å²) in [6, 6.07) is 0. The lowest BCUT2D eigenvalue weighted by Crippen LogP contribution is -2.29. The van der Waals surface area contributed by atoms with Gasteiger partial charge in [0, 0.05) is 11.3 Å². The molecule has 0 heterocycles. The third-order valence-electron chi connectivity index (χ3n) is 4.78. The molecule has 0 nitrogen and oxygen atoms in total. The van der Waals surface area contributed by atoms with E-state index in [4.69, 9.17) is 0 Å². The van der Waals surface area contributed by atoms with Crippen LogP contribution in [0.4, 0.5) is 0 Å². The summed E-state index contributed by atoms with van der Waals surface area (Å²) in [5.74, 6) is 0.561. The smallest absolute Gasteiger partial charge is 0.0291 e. The second-order valence-corrected chi connectivity index (χ2v) is 7.67. The standard InChI is InChI=1S/C20H30/c1-7-8-12-20(13-11-15(2)14-20)18-16(3)9-10-17(18)19(4,5)6/h9-11,13-14,17H,7-8,12H2,1-6H3. The Labute approximate surface area is 125 Å². The van der Waals surface area contributed by atoms with Gasteiger partial charge in [-0.15, -0.1) is 0 Å². The third kappa shape index (κ3) is 2.71. The molecule has 0 aromatic carbocycles. The number of unbranched alkanes of at least 4 members (excludes halogenated alkanes) is 1. The molecule has 0 saturated heterocycles. The lowest BCUT2D eigenvalue weighted by molar-refractivity contribution is 0.298. The highest BCUT2D eigenvalue weighted by molar-refractivity contribution is 5.50. The first-order chi connectivity index (χ1) is 9.30. The van der Waals surface area contributed by atoms with Crippen LogP contribution in [0.3, 0.4) is 0 Å². The van der Waals surface area contributed by atoms with Crippen LogP contribution in [0.15, 0.2) is 47.1 Å². The van der Waals surface area contributed by atoms with E-state index in [-0.39, 0.29) is 5.41 Å². The second kappa shape index (κ2) is 5.39. The van der Waals surface area contributed by atoms with Crippen LogP contribution in [-0.2, 0) is 0 Å². The van der Waals surface area contributed by atoms with E-state index >= 15 is 0 Å². The molecule has 0 N–H and O–H groups in total. The Bertz CT molecular complexity index is 491. The van der Waals surface area contributed by atoms with Crippen molar-refractivity contribution in [3.63, 3.8) is 0 Å². The Morgan fingerprint density at radius 1 is 1.15 bits per heavy atom. The van der Waals surface area contributed by atoms with Crippen LogP contribution in [0.1, 0.15) is 60.8 Å². The largest absolute Gasteiger partial charge is 0.0765 e. The highest BCUT2D eigenvalue weighted by atomic mass is 14.4. The fourth-order valence-corrected chi connectivity index (χ4v) is 3.76. The predicted molar refractivity (Wildman–Crippen MR) is 89.6 cm³/mol. The lowest BCUT2D eigenvalue weighted by Gasteiger charge is -2.38. The zero-order chi connectivity index (χ0) is 15.0. The minimum Gasteiger partial charge on any atom is -0.0765 e. The van der Waals surface area contributed by atoms with Crippen molar-refractivity contribution in [2.75, 3.05) is 0 Å². The summed E-state index contributed by atoms with van der Waals surface area (Å²) in [5, 5.41) is 0. The zero-order valence-electron chi connectivity index (χ0n) is 14.1. The molecular formula is C20H30. The molecule has 2 aliphatic rings. The maximum Gasteiger partial charge on any atom is 0.0291 e. The number of allylic oxidation sites excluding steroid dienone is 8. The second-order valence-electron chi connectivity index (χ2n) is 7.67. The molecule has 0 aromatic rings. The van der Waals surface area contributed by atoms with Gasteiger partial charge >= 0.3 is 0 Å². The quantitative estimate of drug-likeness (QED) is 0.568. The first-order valence-electron chi connectivity index (χ1n) is 8.08. The summed E-state index contributed by atoms with van der Waals surface area (Å²) in [4.78, 5) is 0. The van der Waals surface area contributed by atoms with E-state index in [9.17, 15) is 0 Å². The molecular weight excluding hydrogens is 240 g/mol. The minimum absolute atomic E-state index is 0.172. The predicted octanol–water partition coefficient (Wildman–Crippen LogP) is 6.23. The van der Waals surface area contributed by atoms with Crippen molar-refractivity contribution in [1.29, 1.82) is 0 Å². The van der Waals surface area contributed by atoms with E-state index in [0.717, 1.165) is 0 Å². The van der Waals surface area contributed by atoms with E-state index in [1.54, 1.807) is 5.57 Å². The van der Waals surface area contributed by atoms with Crippen molar-refractivity contribution in [1.82, 2.24) is 0 Å². The van der Waals surface area contributed by atoms with Gasteiger partial charge in [0.2, 0.25) is 0 Å². The molecule has 0 fully saturated rings. The van der Waals surface area contributed by atoms with Crippen molar-refractivity contribution in [2.24, 2.45) is 16.7 Å². The van der Waals surface area contributed by atoms with Crippen LogP contribution in [0, 0.1) is 16.7 Å². The molecule has 110 valence electrons. The third-order valence-corrected chi connectivity index (χ3v) is 4.78. The van der Waals surface area contributed by atoms with Gasteiger partial charge in [-0.05, 0) is 31.3 Å². The normalized spacial score (nSPS) is 29.5. The Morgan fingerprint density at radius 3 is 2.35 bits per heavy atom. The fraction of sp³-hybridized carbons (Fsp3) is 0.600. The van der Waals surface area contributed by atoms with E-state index in [2.05, 4.69) is 71.9 Å². The summed E-state index contributed by atoms with van der Waals surface area (Å²) in [6.07, 6.45) is 15.9. The van der Waals surface area contributed by atoms with E-state index in [0.29, 0.717) is 11.3 Å². The van der Waals surface area contributed by atoms with Gasteiger partial charge in [-0.2, -0.15) is 0 Å². The highest BCUT2D eigenvalue weighted by Crippen LogP contribution is 2.52. The Morgan fingerprint density at radius 2 is 1.85 bits per heavy atom. The molecule has 20 heavy (non-hydrogen) atoms. The van der Waals surface area contributed by atoms with Crippen molar-refractivity contribution >= 4 is 0 Å². The summed E-state index contributed by atoms with van der Waals surface area (Å²) in [6.45, 7) is 13.9. The highest BCUT2D eigenvalue weighted by Gasteiger charge is 2.41. The van der Waals surface area contributed by atoms with E-state index < -0.39 is 0 Å². The molecule has 0 amide bonds. The van der Waals surface area contributed by atoms with Crippen molar-refractivity contribution < 1.29 is 0 Å². The van der Waals surface area contributed by atoms with Crippen LogP contribution >= 0.6 is 0 Å². The van der Waals surface area contributed by atoms with Crippen molar-refractivity contribution in [3.8, 4) is 0 Å². The zero-order valence-corrected chi connectivity index (χ0v) is 14.1. The first-order valence-corrected chi connectivity index (χ1v) is 8.08. The molecule has 2 atom stereocenters. The van der Waals surface area contributed by atoms with Gasteiger partial charge in [-0.1, -0.05) is 82.1 Å². The summed E-state index contributed by atoms with van der Waals surface area (Å²) >= 11 is 0. The topological polar surface area (TPSA) is 0 Å². The van der Waals surface area contributed by atoms with Gasteiger partial charge in [0.25, 0.3) is 0 Å². The van der Waals surface area contributed by atoms with Gasteiger partial charge in [0.1, 0.15) is 0 Å². The lowest BCUT2D eigenvalue weighted by atomic mass is 9.65. The molecule has 0 radical (unpaired) electrons. The molecule has 0 aromatic heterocycles. The average molecular weight is 270 g/mol. The maximum absolute atomic E-state index is 2.51. The van der Waals surface area contributed by atoms with Gasteiger partial charge < -0.3 is 0 Å². The Hall–Kier alpha value is -1.04. The van der Waals surface area contributed by atoms with Crippen LogP contribution in [0.2, 0.25) is 0 Å². The SMILES string of the molecule is CCCCC1(C2=C(C)C=CC2C(C)(C)C)C=CC(C)=C1. The fourth-order valence-electron chi connectivity index (χ4n) is 3.76. The van der Waals surface area contributed by atoms with E-state index in [1.165, 1.54) is 30.4 Å². The van der Waals surface area contributed by atoms with Crippen molar-refractivity contribution in [3.05, 3.63) is 47.1 Å². The van der Waals surface area contributed by atoms with Crippen LogP contribution in [0.25, 0.3) is 0 Å². The molecule has 0 spiro atoms. The summed E-state index contributed by atoms with van der Waals surface area (Å²) in [5.41, 5.74) is 5.01. The molecule has 2 rings (SSSR count). The summed E-state index contributed by atoms with van der Waals surface area (Å²) in [7, 11) is 0. The minimum atomic E-state index is 0.172. The maximum atomic E-state index is 2.51. The molecule has 0 saturated carbocycles. The number of rotatable bonds is 4. The number of hydrogen-bond donors (Lipinski definition) is 0. The van der Waals surface area contributed by atoms with Gasteiger partial charge in [-0.3, -0.25) is 0 Å². The average Bonchev–Trinajstić information content (AvgIpc) is 2.91. The monoisotopic (exact) mass is 270 g/mol. The molecule has 2 aliphatic carbocycles. The molecule has 0 heteroatoms. The first kappa shape index (κ1) is 15.4. The van der Waals surface area contributed by atoms with Gasteiger partial charge in [0.15, 0.2) is 0 Å². The number of hydrogen-bond acceptors (Lipinski definition) is 0. The Balaban J connectivity index is 2.45.